The van der Waals surface area contributed by atoms with E-state index in [1.54, 1.807) is 0 Å². The van der Waals surface area contributed by atoms with E-state index in [9.17, 15) is 24.0 Å². The molecule has 0 unspecified atom stereocenters. The summed E-state index contributed by atoms with van der Waals surface area (Å²) >= 11 is 0. The summed E-state index contributed by atoms with van der Waals surface area (Å²) in [6.45, 7) is 0.801. The average molecular weight is 405 g/mol. The Morgan fingerprint density at radius 1 is 1.07 bits per heavy atom. The molecule has 3 aliphatic rings. The van der Waals surface area contributed by atoms with E-state index in [1.807, 2.05) is 12.2 Å². The highest BCUT2D eigenvalue weighted by molar-refractivity contribution is 6.07. The van der Waals surface area contributed by atoms with Crippen molar-refractivity contribution in [3.05, 3.63) is 12.2 Å². The maximum Gasteiger partial charge on any atom is 0.326 e. The monoisotopic (exact) mass is 405 g/mol. The van der Waals surface area contributed by atoms with E-state index in [2.05, 4.69) is 10.6 Å². The summed E-state index contributed by atoms with van der Waals surface area (Å²) in [4.78, 5) is 61.8. The Labute approximate surface area is 169 Å². The largest absolute Gasteiger partial charge is 0.451 e. The minimum absolute atomic E-state index is 0.0413. The molecule has 5 amide bonds. The number of amides is 5. The third-order valence-corrected chi connectivity index (χ3v) is 5.74. The van der Waals surface area contributed by atoms with Gasteiger partial charge < -0.3 is 10.1 Å². The van der Waals surface area contributed by atoms with Crippen LogP contribution in [0.15, 0.2) is 12.2 Å². The molecule has 0 spiro atoms. The maximum atomic E-state index is 12.4. The molecule has 9 nitrogen and oxygen atoms in total. The fourth-order valence-corrected chi connectivity index (χ4v) is 4.12. The molecule has 158 valence electrons. The van der Waals surface area contributed by atoms with Gasteiger partial charge in [0.05, 0.1) is 11.8 Å². The Bertz CT molecular complexity index is 702. The van der Waals surface area contributed by atoms with Gasteiger partial charge in [-0.15, -0.1) is 0 Å². The van der Waals surface area contributed by atoms with Crippen molar-refractivity contribution >= 4 is 29.7 Å². The number of carbonyl (C=O) groups is 5. The number of nitrogens with one attached hydrogen (secondary N) is 2. The first-order chi connectivity index (χ1) is 13.9. The first-order valence-electron chi connectivity index (χ1n) is 10.2. The average Bonchev–Trinajstić information content (AvgIpc) is 2.93. The molecular weight excluding hydrogens is 378 g/mol. The molecule has 3 rings (SSSR count). The van der Waals surface area contributed by atoms with Gasteiger partial charge in [-0.2, -0.15) is 0 Å². The normalized spacial score (nSPS) is 25.3. The van der Waals surface area contributed by atoms with Crippen LogP contribution in [0.3, 0.4) is 0 Å². The molecule has 1 heterocycles. The number of esters is 1. The van der Waals surface area contributed by atoms with Gasteiger partial charge in [-0.25, -0.2) is 4.79 Å². The number of hydrogen-bond acceptors (Lipinski definition) is 6. The van der Waals surface area contributed by atoms with E-state index >= 15 is 0 Å². The highest BCUT2D eigenvalue weighted by Gasteiger charge is 2.48. The van der Waals surface area contributed by atoms with E-state index < -0.39 is 42.4 Å². The SMILES string of the molecule is C[C@@H](OC(=O)CN1C(=O)[C@H]2CC=CC[C@@H]2C1=O)C(=O)NC(=O)NC1CCCCC1. The first kappa shape index (κ1) is 21.0. The molecule has 0 radical (unpaired) electrons. The van der Waals surface area contributed by atoms with Crippen LogP contribution in [0.2, 0.25) is 0 Å². The Morgan fingerprint density at radius 3 is 2.24 bits per heavy atom. The van der Waals surface area contributed by atoms with Gasteiger partial charge in [0.1, 0.15) is 6.54 Å². The van der Waals surface area contributed by atoms with Gasteiger partial charge in [-0.05, 0) is 32.6 Å². The lowest BCUT2D eigenvalue weighted by Crippen LogP contribution is -2.48. The molecule has 0 aromatic carbocycles. The van der Waals surface area contributed by atoms with Gasteiger partial charge >= 0.3 is 12.0 Å². The Balaban J connectivity index is 1.45. The van der Waals surface area contributed by atoms with Crippen LogP contribution in [-0.2, 0) is 23.9 Å². The molecule has 0 aromatic rings. The molecule has 1 saturated carbocycles. The van der Waals surface area contributed by atoms with Crippen molar-refractivity contribution in [3.63, 3.8) is 0 Å². The third kappa shape index (κ3) is 5.02. The van der Waals surface area contributed by atoms with Crippen molar-refractivity contribution in [1.82, 2.24) is 15.5 Å². The lowest BCUT2D eigenvalue weighted by molar-refractivity contribution is -0.159. The van der Waals surface area contributed by atoms with Crippen LogP contribution in [0.1, 0.15) is 51.9 Å². The number of likely N-dealkylation sites (tertiary alicyclic amines) is 1. The van der Waals surface area contributed by atoms with Crippen LogP contribution in [0.25, 0.3) is 0 Å². The molecule has 1 aliphatic heterocycles. The summed E-state index contributed by atoms with van der Waals surface area (Å²) in [5, 5.41) is 4.90. The second-order valence-electron chi connectivity index (χ2n) is 7.85. The highest BCUT2D eigenvalue weighted by Crippen LogP contribution is 2.34. The molecule has 2 aliphatic carbocycles. The number of fused-ring (bicyclic) bond motifs is 1. The second-order valence-corrected chi connectivity index (χ2v) is 7.85. The number of rotatable bonds is 5. The molecule has 1 saturated heterocycles. The third-order valence-electron chi connectivity index (χ3n) is 5.74. The highest BCUT2D eigenvalue weighted by atomic mass is 16.5. The number of urea groups is 1. The summed E-state index contributed by atoms with van der Waals surface area (Å²) in [5.74, 6) is -3.25. The van der Waals surface area contributed by atoms with E-state index in [0.717, 1.165) is 37.0 Å². The standard InChI is InChI=1S/C20H27N3O6/c1-12(17(25)22-20(28)21-13-7-3-2-4-8-13)29-16(24)11-23-18(26)14-9-5-6-10-15(14)19(23)27/h5-6,12-15H,2-4,7-11H2,1H3,(H2,21,22,25,28)/t12-,14+,15+/m1/s1. The van der Waals surface area contributed by atoms with Gasteiger partial charge in [0.15, 0.2) is 6.10 Å². The van der Waals surface area contributed by atoms with Crippen molar-refractivity contribution in [2.75, 3.05) is 6.54 Å². The summed E-state index contributed by atoms with van der Waals surface area (Å²) in [6.07, 6.45) is 8.44. The van der Waals surface area contributed by atoms with Crippen LogP contribution in [0.5, 0.6) is 0 Å². The smallest absolute Gasteiger partial charge is 0.326 e. The number of imide groups is 2. The zero-order chi connectivity index (χ0) is 21.0. The minimum Gasteiger partial charge on any atom is -0.451 e. The number of hydrogen-bond donors (Lipinski definition) is 2. The van der Waals surface area contributed by atoms with E-state index in [-0.39, 0.29) is 17.9 Å². The van der Waals surface area contributed by atoms with Gasteiger partial charge in [0.25, 0.3) is 5.91 Å². The molecule has 29 heavy (non-hydrogen) atoms. The van der Waals surface area contributed by atoms with Crippen molar-refractivity contribution in [3.8, 4) is 0 Å². The zero-order valence-electron chi connectivity index (χ0n) is 16.5. The molecule has 9 heteroatoms. The molecule has 3 atom stereocenters. The Hall–Kier alpha value is -2.71. The Morgan fingerprint density at radius 2 is 1.66 bits per heavy atom. The molecule has 2 N–H and O–H groups in total. The van der Waals surface area contributed by atoms with E-state index in [4.69, 9.17) is 4.74 Å². The molecule has 2 fully saturated rings. The second kappa shape index (κ2) is 9.19. The quantitative estimate of drug-likeness (QED) is 0.400. The van der Waals surface area contributed by atoms with Crippen molar-refractivity contribution in [2.24, 2.45) is 11.8 Å². The summed E-state index contributed by atoms with van der Waals surface area (Å²) < 4.78 is 5.02. The molecule has 0 bridgehead atoms. The summed E-state index contributed by atoms with van der Waals surface area (Å²) in [5.41, 5.74) is 0. The van der Waals surface area contributed by atoms with Crippen LogP contribution in [0.4, 0.5) is 4.79 Å². The van der Waals surface area contributed by atoms with E-state index in [1.165, 1.54) is 6.92 Å². The minimum atomic E-state index is -1.23. The van der Waals surface area contributed by atoms with Gasteiger partial charge in [-0.3, -0.25) is 29.4 Å². The number of ether oxygens (including phenoxy) is 1. The fraction of sp³-hybridized carbons (Fsp3) is 0.650. The number of allylic oxidation sites excluding steroid dienone is 2. The fourth-order valence-electron chi connectivity index (χ4n) is 4.12. The van der Waals surface area contributed by atoms with Crippen LogP contribution < -0.4 is 10.6 Å². The van der Waals surface area contributed by atoms with Crippen LogP contribution in [0, 0.1) is 11.8 Å². The summed E-state index contributed by atoms with van der Waals surface area (Å²) in [7, 11) is 0. The van der Waals surface area contributed by atoms with Crippen LogP contribution in [-0.4, -0.2) is 53.3 Å². The predicted molar refractivity (Wildman–Crippen MR) is 101 cm³/mol. The first-order valence-corrected chi connectivity index (χ1v) is 10.2. The number of carbonyl (C=O) groups excluding carboxylic acids is 5. The van der Waals surface area contributed by atoms with Crippen molar-refractivity contribution in [2.45, 2.75) is 64.0 Å². The predicted octanol–water partition coefficient (Wildman–Crippen LogP) is 1.03. The van der Waals surface area contributed by atoms with Gasteiger partial charge in [0, 0.05) is 6.04 Å². The van der Waals surface area contributed by atoms with E-state index in [0.29, 0.717) is 12.8 Å². The van der Waals surface area contributed by atoms with Crippen molar-refractivity contribution in [1.29, 1.82) is 0 Å². The van der Waals surface area contributed by atoms with Crippen LogP contribution >= 0.6 is 0 Å². The topological polar surface area (TPSA) is 122 Å². The summed E-state index contributed by atoms with van der Waals surface area (Å²) in [6, 6.07) is -0.578. The lowest BCUT2D eigenvalue weighted by Gasteiger charge is -2.23. The molecule has 0 aromatic heterocycles. The maximum absolute atomic E-state index is 12.4. The van der Waals surface area contributed by atoms with Crippen molar-refractivity contribution < 1.29 is 28.7 Å². The zero-order valence-corrected chi connectivity index (χ0v) is 16.5. The van der Waals surface area contributed by atoms with Gasteiger partial charge in [0.2, 0.25) is 11.8 Å². The number of nitrogens with zero attached hydrogens (tertiary/aromatic N) is 1. The Kier molecular flexibility index (Phi) is 6.66. The molecular formula is C20H27N3O6. The van der Waals surface area contributed by atoms with Gasteiger partial charge in [-0.1, -0.05) is 31.4 Å². The lowest BCUT2D eigenvalue weighted by atomic mass is 9.85.